The number of nitrogen functional groups attached to an aromatic ring is 1. The van der Waals surface area contributed by atoms with Gasteiger partial charge >= 0.3 is 0 Å². The van der Waals surface area contributed by atoms with E-state index in [1.807, 2.05) is 17.5 Å². The summed E-state index contributed by atoms with van der Waals surface area (Å²) >= 11 is 2.93. The third-order valence-corrected chi connectivity index (χ3v) is 6.26. The van der Waals surface area contributed by atoms with Gasteiger partial charge in [0.15, 0.2) is 10.0 Å². The number of benzene rings is 2. The second-order valence-corrected chi connectivity index (χ2v) is 8.04. The molecule has 2 aromatic heterocycles. The van der Waals surface area contributed by atoms with E-state index in [1.54, 1.807) is 30.5 Å². The molecular weight excluding hydrogens is 406 g/mol. The van der Waals surface area contributed by atoms with Crippen molar-refractivity contribution in [1.29, 1.82) is 0 Å². The lowest BCUT2D eigenvalue weighted by Gasteiger charge is -2.09. The van der Waals surface area contributed by atoms with Crippen LogP contribution in [0.3, 0.4) is 0 Å². The van der Waals surface area contributed by atoms with Crippen molar-refractivity contribution in [2.45, 2.75) is 0 Å². The number of hydrogen-bond donors (Lipinski definition) is 3. The number of carbonyl (C=O) groups excluding carboxylic acids is 2. The molecule has 7 nitrogen and oxygen atoms in total. The van der Waals surface area contributed by atoms with E-state index in [-0.39, 0.29) is 11.1 Å². The first-order valence-electron chi connectivity index (χ1n) is 8.44. The van der Waals surface area contributed by atoms with Crippen LogP contribution in [0.15, 0.2) is 54.0 Å². The molecule has 2 amide bonds. The zero-order valence-electron chi connectivity index (χ0n) is 15.0. The Balaban J connectivity index is 1.96. The van der Waals surface area contributed by atoms with Gasteiger partial charge in [0.25, 0.3) is 0 Å². The summed E-state index contributed by atoms with van der Waals surface area (Å²) in [6.07, 6.45) is 1.71. The maximum absolute atomic E-state index is 12.1. The highest BCUT2D eigenvalue weighted by molar-refractivity contribution is 7.23. The van der Waals surface area contributed by atoms with E-state index in [0.29, 0.717) is 16.9 Å². The van der Waals surface area contributed by atoms with Gasteiger partial charge < -0.3 is 17.2 Å². The Hall–Kier alpha value is -3.56. The summed E-state index contributed by atoms with van der Waals surface area (Å²) in [6.45, 7) is 0. The fourth-order valence-corrected chi connectivity index (χ4v) is 4.63. The van der Waals surface area contributed by atoms with E-state index < -0.39 is 11.8 Å². The van der Waals surface area contributed by atoms with Crippen molar-refractivity contribution >= 4 is 40.2 Å². The minimum Gasteiger partial charge on any atom is -0.399 e. The van der Waals surface area contributed by atoms with Gasteiger partial charge in [0, 0.05) is 34.0 Å². The van der Waals surface area contributed by atoms with Gasteiger partial charge in [-0.05, 0) is 29.8 Å². The molecule has 0 atom stereocenters. The van der Waals surface area contributed by atoms with Crippen LogP contribution in [0.1, 0.15) is 20.7 Å². The van der Waals surface area contributed by atoms with Crippen molar-refractivity contribution in [2.24, 2.45) is 11.5 Å². The molecule has 0 fully saturated rings. The number of hydrogen-bond acceptors (Lipinski definition) is 7. The fourth-order valence-electron chi connectivity index (χ4n) is 2.86. The van der Waals surface area contributed by atoms with E-state index >= 15 is 0 Å². The van der Waals surface area contributed by atoms with E-state index in [2.05, 4.69) is 4.98 Å². The topological polar surface area (TPSA) is 138 Å². The minimum atomic E-state index is -0.671. The van der Waals surface area contributed by atoms with Crippen molar-refractivity contribution in [2.75, 3.05) is 5.73 Å². The Kier molecular flexibility index (Phi) is 4.83. The van der Waals surface area contributed by atoms with Crippen LogP contribution in [-0.2, 0) is 0 Å². The van der Waals surface area contributed by atoms with Crippen molar-refractivity contribution in [3.63, 3.8) is 0 Å². The Morgan fingerprint density at radius 2 is 1.69 bits per heavy atom. The molecule has 0 aliphatic carbocycles. The zero-order valence-corrected chi connectivity index (χ0v) is 16.6. The number of rotatable bonds is 5. The van der Waals surface area contributed by atoms with Gasteiger partial charge in [-0.1, -0.05) is 18.2 Å². The molecule has 0 saturated carbocycles. The molecule has 0 radical (unpaired) electrons. The van der Waals surface area contributed by atoms with Crippen LogP contribution in [0.2, 0.25) is 0 Å². The van der Waals surface area contributed by atoms with Gasteiger partial charge in [-0.3, -0.25) is 9.59 Å². The van der Waals surface area contributed by atoms with Crippen molar-refractivity contribution < 1.29 is 9.59 Å². The molecule has 29 heavy (non-hydrogen) atoms. The van der Waals surface area contributed by atoms with Crippen LogP contribution in [-0.4, -0.2) is 21.8 Å². The summed E-state index contributed by atoms with van der Waals surface area (Å²) in [7, 11) is 0. The number of anilines is 1. The minimum absolute atomic E-state index is 0.175. The highest BCUT2D eigenvalue weighted by Gasteiger charge is 2.22. The highest BCUT2D eigenvalue weighted by Crippen LogP contribution is 2.42. The lowest BCUT2D eigenvalue weighted by atomic mass is 9.98. The van der Waals surface area contributed by atoms with E-state index in [0.717, 1.165) is 20.5 Å². The van der Waals surface area contributed by atoms with Crippen LogP contribution in [0.4, 0.5) is 5.69 Å². The van der Waals surface area contributed by atoms with Crippen molar-refractivity contribution in [3.8, 4) is 31.7 Å². The van der Waals surface area contributed by atoms with Gasteiger partial charge in [-0.25, -0.2) is 9.97 Å². The van der Waals surface area contributed by atoms with Gasteiger partial charge in [-0.2, -0.15) is 0 Å². The normalized spacial score (nSPS) is 10.8. The standard InChI is InChI=1S/C20H15N5O2S2/c21-12-4-1-10(2-5-12)16-15(25-20(29-16)19-24-7-8-28-19)13-6-3-11(17(22)26)9-14(13)18(23)27/h1-9H,21H2,(H2,22,26)(H2,23,27). The van der Waals surface area contributed by atoms with Crippen molar-refractivity contribution in [1.82, 2.24) is 9.97 Å². The molecule has 144 valence electrons. The molecule has 0 aliphatic heterocycles. The average molecular weight is 422 g/mol. The lowest BCUT2D eigenvalue weighted by molar-refractivity contribution is 0.0999. The number of aromatic nitrogens is 2. The first kappa shape index (κ1) is 18.8. The fraction of sp³-hybridized carbons (Fsp3) is 0. The van der Waals surface area contributed by atoms with E-state index in [4.69, 9.17) is 22.2 Å². The van der Waals surface area contributed by atoms with E-state index in [9.17, 15) is 9.59 Å². The van der Waals surface area contributed by atoms with Crippen LogP contribution in [0.25, 0.3) is 31.7 Å². The molecule has 2 heterocycles. The van der Waals surface area contributed by atoms with Crippen LogP contribution >= 0.6 is 22.7 Å². The Morgan fingerprint density at radius 1 is 0.931 bits per heavy atom. The maximum atomic E-state index is 12.1. The van der Waals surface area contributed by atoms with E-state index in [1.165, 1.54) is 28.7 Å². The van der Waals surface area contributed by atoms with Gasteiger partial charge in [-0.15, -0.1) is 22.7 Å². The molecule has 0 saturated heterocycles. The van der Waals surface area contributed by atoms with Gasteiger partial charge in [0.2, 0.25) is 11.8 Å². The summed E-state index contributed by atoms with van der Waals surface area (Å²) in [5, 5.41) is 3.36. The van der Waals surface area contributed by atoms with Crippen LogP contribution in [0, 0.1) is 0 Å². The zero-order chi connectivity index (χ0) is 20.5. The predicted octanol–water partition coefficient (Wildman–Crippen LogP) is 3.38. The number of primary amides is 2. The molecular formula is C20H15N5O2S2. The first-order chi connectivity index (χ1) is 13.9. The smallest absolute Gasteiger partial charge is 0.249 e. The molecule has 4 rings (SSSR count). The molecule has 0 aliphatic rings. The Labute approximate surface area is 173 Å². The molecule has 2 aromatic carbocycles. The molecule has 6 N–H and O–H groups in total. The second-order valence-electron chi connectivity index (χ2n) is 6.14. The number of amides is 2. The maximum Gasteiger partial charge on any atom is 0.249 e. The summed E-state index contributed by atoms with van der Waals surface area (Å²) in [5.41, 5.74) is 19.8. The molecule has 0 spiro atoms. The summed E-state index contributed by atoms with van der Waals surface area (Å²) < 4.78 is 0. The highest BCUT2D eigenvalue weighted by atomic mass is 32.1. The third kappa shape index (κ3) is 3.60. The summed E-state index contributed by atoms with van der Waals surface area (Å²) in [4.78, 5) is 33.6. The lowest BCUT2D eigenvalue weighted by Crippen LogP contribution is -2.16. The predicted molar refractivity (Wildman–Crippen MR) is 116 cm³/mol. The number of nitrogens with two attached hydrogens (primary N) is 3. The first-order valence-corrected chi connectivity index (χ1v) is 10.1. The summed E-state index contributed by atoms with van der Waals surface area (Å²) in [6, 6.07) is 12.0. The van der Waals surface area contributed by atoms with Gasteiger partial charge in [0.05, 0.1) is 10.6 Å². The molecule has 4 aromatic rings. The van der Waals surface area contributed by atoms with Gasteiger partial charge in [0.1, 0.15) is 0 Å². The Morgan fingerprint density at radius 3 is 2.31 bits per heavy atom. The van der Waals surface area contributed by atoms with Crippen LogP contribution < -0.4 is 17.2 Å². The summed E-state index contributed by atoms with van der Waals surface area (Å²) in [5.74, 6) is -1.31. The molecule has 9 heteroatoms. The number of thiazole rings is 2. The molecule has 0 unspecified atom stereocenters. The second kappa shape index (κ2) is 7.46. The number of nitrogens with zero attached hydrogens (tertiary/aromatic N) is 2. The van der Waals surface area contributed by atoms with Crippen LogP contribution in [0.5, 0.6) is 0 Å². The average Bonchev–Trinajstić information content (AvgIpc) is 3.38. The Bertz CT molecular complexity index is 1210. The quantitative estimate of drug-likeness (QED) is 0.424. The SMILES string of the molecule is NC(=O)c1ccc(-c2nc(-c3nccs3)sc2-c2ccc(N)cc2)c(C(N)=O)c1. The largest absolute Gasteiger partial charge is 0.399 e. The third-order valence-electron chi connectivity index (χ3n) is 4.24. The molecule has 0 bridgehead atoms. The number of carbonyl (C=O) groups is 2. The van der Waals surface area contributed by atoms with Crippen molar-refractivity contribution in [3.05, 3.63) is 65.2 Å². The monoisotopic (exact) mass is 421 g/mol.